The Balaban J connectivity index is 1.36. The maximum atomic E-state index is 12.6. The van der Waals surface area contributed by atoms with E-state index in [2.05, 4.69) is 25.4 Å². The third-order valence-corrected chi connectivity index (χ3v) is 5.94. The van der Waals surface area contributed by atoms with Gasteiger partial charge in [-0.25, -0.2) is 19.7 Å². The van der Waals surface area contributed by atoms with E-state index in [1.54, 1.807) is 19.2 Å². The number of ether oxygens (including phenoxy) is 1. The molecule has 0 unspecified atom stereocenters. The molecular weight excluding hydrogens is 470 g/mol. The van der Waals surface area contributed by atoms with Crippen molar-refractivity contribution in [2.45, 2.75) is 46.6 Å². The van der Waals surface area contributed by atoms with Crippen LogP contribution in [0.5, 0.6) is 0 Å². The molecule has 0 fully saturated rings. The molecule has 0 saturated heterocycles. The number of pyridine rings is 2. The van der Waals surface area contributed by atoms with Crippen LogP contribution in [-0.2, 0) is 18.2 Å². The van der Waals surface area contributed by atoms with Crippen molar-refractivity contribution >= 4 is 33.7 Å². The quantitative estimate of drug-likeness (QED) is 0.329. The Kier molecular flexibility index (Phi) is 6.10. The number of benzene rings is 1. The van der Waals surface area contributed by atoms with Gasteiger partial charge in [-0.15, -0.1) is 0 Å². The first-order chi connectivity index (χ1) is 17.6. The van der Waals surface area contributed by atoms with Crippen molar-refractivity contribution in [3.05, 3.63) is 59.5 Å². The van der Waals surface area contributed by atoms with Crippen LogP contribution in [0.1, 0.15) is 48.5 Å². The van der Waals surface area contributed by atoms with E-state index in [9.17, 15) is 4.79 Å². The van der Waals surface area contributed by atoms with Crippen molar-refractivity contribution in [1.29, 1.82) is 0 Å². The fourth-order valence-corrected chi connectivity index (χ4v) is 4.17. The minimum Gasteiger partial charge on any atom is -0.456 e. The van der Waals surface area contributed by atoms with Crippen molar-refractivity contribution in [2.75, 3.05) is 11.9 Å². The first-order valence-corrected chi connectivity index (χ1v) is 12.1. The fraction of sp³-hybridized carbons (Fsp3) is 0.333. The lowest BCUT2D eigenvalue weighted by Gasteiger charge is -2.19. The molecule has 5 aromatic rings. The molecule has 1 aromatic carbocycles. The summed E-state index contributed by atoms with van der Waals surface area (Å²) < 4.78 is 12.6. The Bertz CT molecular complexity index is 1630. The van der Waals surface area contributed by atoms with Gasteiger partial charge in [-0.05, 0) is 51.3 Å². The van der Waals surface area contributed by atoms with E-state index < -0.39 is 11.6 Å². The smallest absolute Gasteiger partial charge is 0.340 e. The summed E-state index contributed by atoms with van der Waals surface area (Å²) in [6.07, 6.45) is 2.41. The van der Waals surface area contributed by atoms with Gasteiger partial charge in [0.2, 0.25) is 11.7 Å². The van der Waals surface area contributed by atoms with Gasteiger partial charge in [0.25, 0.3) is 0 Å². The van der Waals surface area contributed by atoms with E-state index in [1.165, 1.54) is 0 Å². The summed E-state index contributed by atoms with van der Waals surface area (Å²) in [5.74, 6) is 2.27. The van der Waals surface area contributed by atoms with Crippen molar-refractivity contribution < 1.29 is 14.1 Å². The number of nitrogens with zero attached hydrogens (tertiary/aromatic N) is 6. The second kappa shape index (κ2) is 9.27. The zero-order valence-corrected chi connectivity index (χ0v) is 21.8. The van der Waals surface area contributed by atoms with Crippen molar-refractivity contribution in [2.24, 2.45) is 7.05 Å². The highest BCUT2D eigenvalue weighted by atomic mass is 16.6. The number of hydrogen-bond donors (Lipinski definition) is 1. The molecule has 0 bridgehead atoms. The van der Waals surface area contributed by atoms with Gasteiger partial charge in [-0.3, -0.25) is 0 Å². The molecule has 10 nitrogen and oxygen atoms in total. The molecule has 0 aliphatic rings. The SMILES string of the molecule is Cc1nc(-c2ccc3ccnc(NCCc4nc5cc(C(=O)OC(C)(C)C)c(C)nc5n4C)c3c2)no1. The summed E-state index contributed by atoms with van der Waals surface area (Å²) in [7, 11) is 1.93. The first kappa shape index (κ1) is 24.4. The average molecular weight is 500 g/mol. The molecular formula is C27H29N7O3. The molecule has 0 atom stereocenters. The molecule has 4 aromatic heterocycles. The number of esters is 1. The summed E-state index contributed by atoms with van der Waals surface area (Å²) >= 11 is 0. The number of nitrogens with one attached hydrogen (secondary N) is 1. The summed E-state index contributed by atoms with van der Waals surface area (Å²) in [5, 5.41) is 9.48. The number of aromatic nitrogens is 6. The summed E-state index contributed by atoms with van der Waals surface area (Å²) in [4.78, 5) is 30.9. The van der Waals surface area contributed by atoms with E-state index in [4.69, 9.17) is 14.2 Å². The molecule has 0 aliphatic heterocycles. The molecule has 37 heavy (non-hydrogen) atoms. The number of hydrogen-bond acceptors (Lipinski definition) is 9. The van der Waals surface area contributed by atoms with Gasteiger partial charge in [0.15, 0.2) is 5.65 Å². The first-order valence-electron chi connectivity index (χ1n) is 12.1. The topological polar surface area (TPSA) is 121 Å². The highest BCUT2D eigenvalue weighted by Gasteiger charge is 2.22. The largest absolute Gasteiger partial charge is 0.456 e. The van der Waals surface area contributed by atoms with Crippen LogP contribution in [0, 0.1) is 13.8 Å². The van der Waals surface area contributed by atoms with Crippen LogP contribution >= 0.6 is 0 Å². The van der Waals surface area contributed by atoms with Gasteiger partial charge in [-0.1, -0.05) is 17.3 Å². The zero-order valence-electron chi connectivity index (χ0n) is 21.8. The standard InChI is InChI=1S/C27H29N7O3/c1-15-19(26(35)36-27(3,4)5)14-21-25(30-15)34(6)22(32-21)10-12-29-24-20-13-18(23-31-16(2)37-33-23)8-7-17(20)9-11-28-24/h7-9,11,13-14H,10,12H2,1-6H3,(H,28,29). The molecule has 4 heterocycles. The van der Waals surface area contributed by atoms with E-state index in [0.717, 1.165) is 33.6 Å². The van der Waals surface area contributed by atoms with E-state index in [0.29, 0.717) is 41.5 Å². The van der Waals surface area contributed by atoms with Crippen molar-refractivity contribution in [3.63, 3.8) is 0 Å². The van der Waals surface area contributed by atoms with Gasteiger partial charge in [0.1, 0.15) is 22.8 Å². The van der Waals surface area contributed by atoms with Crippen LogP contribution in [0.25, 0.3) is 33.3 Å². The second-order valence-corrected chi connectivity index (χ2v) is 9.96. The predicted octanol–water partition coefficient (Wildman–Crippen LogP) is 4.79. The molecule has 1 N–H and O–H groups in total. The molecule has 10 heteroatoms. The molecule has 0 aliphatic carbocycles. The van der Waals surface area contributed by atoms with E-state index in [-0.39, 0.29) is 0 Å². The molecule has 0 amide bonds. The maximum absolute atomic E-state index is 12.6. The lowest BCUT2D eigenvalue weighted by molar-refractivity contribution is 0.00684. The fourth-order valence-electron chi connectivity index (χ4n) is 4.17. The maximum Gasteiger partial charge on any atom is 0.340 e. The van der Waals surface area contributed by atoms with E-state index in [1.807, 2.05) is 63.6 Å². The third-order valence-electron chi connectivity index (χ3n) is 5.94. The lowest BCUT2D eigenvalue weighted by atomic mass is 10.1. The minimum atomic E-state index is -0.583. The van der Waals surface area contributed by atoms with E-state index >= 15 is 0 Å². The van der Waals surface area contributed by atoms with Crippen LogP contribution in [0.2, 0.25) is 0 Å². The van der Waals surface area contributed by atoms with Gasteiger partial charge in [0.05, 0.1) is 11.3 Å². The van der Waals surface area contributed by atoms with Crippen molar-refractivity contribution in [3.8, 4) is 11.4 Å². The lowest BCUT2D eigenvalue weighted by Crippen LogP contribution is -2.24. The minimum absolute atomic E-state index is 0.398. The zero-order chi connectivity index (χ0) is 26.3. The Labute approximate surface area is 214 Å². The number of rotatable bonds is 6. The number of carbonyl (C=O) groups excluding carboxylic acids is 1. The highest BCUT2D eigenvalue weighted by Crippen LogP contribution is 2.27. The Morgan fingerprint density at radius 2 is 1.92 bits per heavy atom. The second-order valence-electron chi connectivity index (χ2n) is 9.96. The van der Waals surface area contributed by atoms with Crippen molar-refractivity contribution in [1.82, 2.24) is 29.7 Å². The summed E-state index contributed by atoms with van der Waals surface area (Å²) in [5.41, 5.74) is 2.70. The Hall–Kier alpha value is -4.34. The number of fused-ring (bicyclic) bond motifs is 2. The third kappa shape index (κ3) is 5.00. The van der Waals surface area contributed by atoms with Gasteiger partial charge in [0, 0.05) is 44.1 Å². The molecule has 0 spiro atoms. The van der Waals surface area contributed by atoms with Crippen LogP contribution in [0.3, 0.4) is 0 Å². The Morgan fingerprint density at radius 3 is 2.65 bits per heavy atom. The van der Waals surface area contributed by atoms with Gasteiger partial charge in [-0.2, -0.15) is 4.98 Å². The van der Waals surface area contributed by atoms with Crippen LogP contribution < -0.4 is 5.32 Å². The normalized spacial score (nSPS) is 11.8. The molecule has 190 valence electrons. The Morgan fingerprint density at radius 1 is 1.11 bits per heavy atom. The summed E-state index contributed by atoms with van der Waals surface area (Å²) in [6.45, 7) is 9.71. The summed E-state index contributed by atoms with van der Waals surface area (Å²) in [6, 6.07) is 9.72. The highest BCUT2D eigenvalue weighted by molar-refractivity contribution is 5.95. The number of aryl methyl sites for hydroxylation is 3. The predicted molar refractivity (Wildman–Crippen MR) is 140 cm³/mol. The number of anilines is 1. The van der Waals surface area contributed by atoms with Gasteiger partial charge >= 0.3 is 5.97 Å². The number of carbonyl (C=O) groups is 1. The molecule has 0 saturated carbocycles. The van der Waals surface area contributed by atoms with Crippen LogP contribution in [0.4, 0.5) is 5.82 Å². The average Bonchev–Trinajstić information content (AvgIpc) is 3.40. The molecule has 0 radical (unpaired) electrons. The molecule has 5 rings (SSSR count). The number of imidazole rings is 1. The van der Waals surface area contributed by atoms with Gasteiger partial charge < -0.3 is 19.1 Å². The van der Waals surface area contributed by atoms with Crippen LogP contribution in [0.15, 0.2) is 41.1 Å². The van der Waals surface area contributed by atoms with Crippen LogP contribution in [-0.4, -0.2) is 47.8 Å². The monoisotopic (exact) mass is 499 g/mol.